The minimum Gasteiger partial charge on any atom is -0.389 e. The van der Waals surface area contributed by atoms with Crippen molar-refractivity contribution in [3.63, 3.8) is 0 Å². The van der Waals surface area contributed by atoms with Crippen LogP contribution in [0.5, 0.6) is 0 Å². The van der Waals surface area contributed by atoms with Gasteiger partial charge in [-0.15, -0.1) is 10.8 Å². The summed E-state index contributed by atoms with van der Waals surface area (Å²) in [6.07, 6.45) is 4.79. The highest BCUT2D eigenvalue weighted by Crippen LogP contribution is 2.60. The molecule has 5 rings (SSSR count). The molecule has 2 aliphatic rings. The first-order valence-corrected chi connectivity index (χ1v) is 12.5. The number of hydrogen-bond donors (Lipinski definition) is 4. The number of rotatable bonds is 5. The fraction of sp³-hybridized carbons (Fsp3) is 0.409. The zero-order chi connectivity index (χ0) is 24.1. The molecule has 1 aromatic carbocycles. The monoisotopic (exact) mass is 488 g/mol. The number of aliphatic hydroxyl groups is 1. The molecule has 4 heterocycles. The van der Waals surface area contributed by atoms with Gasteiger partial charge in [-0.1, -0.05) is 0 Å². The number of amides is 1. The molecule has 2 aromatic heterocycles. The Morgan fingerprint density at radius 3 is 2.76 bits per heavy atom. The molecule has 3 aromatic rings. The summed E-state index contributed by atoms with van der Waals surface area (Å²) >= 11 is 0. The molecule has 34 heavy (non-hydrogen) atoms. The van der Waals surface area contributed by atoms with Gasteiger partial charge in [0.1, 0.15) is 5.56 Å². The molecule has 0 radical (unpaired) electrons. The van der Waals surface area contributed by atoms with E-state index >= 15 is 0 Å². The van der Waals surface area contributed by atoms with Crippen LogP contribution in [0.1, 0.15) is 29.8 Å². The summed E-state index contributed by atoms with van der Waals surface area (Å²) in [7, 11) is -3.28. The third kappa shape index (κ3) is 4.24. The van der Waals surface area contributed by atoms with Gasteiger partial charge in [0, 0.05) is 38.6 Å². The second-order valence-electron chi connectivity index (χ2n) is 9.11. The number of aromatic nitrogens is 3. The lowest BCUT2D eigenvalue weighted by Gasteiger charge is -2.40. The van der Waals surface area contributed by atoms with E-state index in [2.05, 4.69) is 20.3 Å². The van der Waals surface area contributed by atoms with Crippen molar-refractivity contribution in [3.8, 4) is 0 Å². The lowest BCUT2D eigenvalue weighted by molar-refractivity contribution is 0.0564. The number of morpholine rings is 1. The number of nitrogens with one attached hydrogen (secondary N) is 1. The van der Waals surface area contributed by atoms with Crippen molar-refractivity contribution < 1.29 is 23.7 Å². The van der Waals surface area contributed by atoms with Crippen molar-refractivity contribution in [2.75, 3.05) is 43.1 Å². The number of β-amino-alcohol motifs (C(OH)–C–C–N with tert-alkyl or cyclic N) is 1. The van der Waals surface area contributed by atoms with E-state index in [1.54, 1.807) is 44.4 Å². The highest BCUT2D eigenvalue weighted by Gasteiger charge is 2.39. The summed E-state index contributed by atoms with van der Waals surface area (Å²) in [5.41, 5.74) is 1.61. The molecule has 11 nitrogen and oxygen atoms in total. The quantitative estimate of drug-likeness (QED) is 0.427. The van der Waals surface area contributed by atoms with Gasteiger partial charge in [-0.3, -0.25) is 13.9 Å². The largest absolute Gasteiger partial charge is 0.389 e. The van der Waals surface area contributed by atoms with Gasteiger partial charge >= 0.3 is 0 Å². The SMILES string of the molecule is CC(C)(O)CN1Cc2cc(NC(=O)c3cnn4cccnc34)c(N3CCOCC3)cc2S1(O)O. The zero-order valence-corrected chi connectivity index (χ0v) is 19.8. The molecule has 1 fully saturated rings. The van der Waals surface area contributed by atoms with Gasteiger partial charge in [0.25, 0.3) is 5.91 Å². The van der Waals surface area contributed by atoms with Crippen molar-refractivity contribution in [1.82, 2.24) is 18.9 Å². The number of fused-ring (bicyclic) bond motifs is 2. The maximum atomic E-state index is 13.2. The molecule has 0 aliphatic carbocycles. The fourth-order valence-corrected chi connectivity index (χ4v) is 6.17. The number of nitrogens with zero attached hydrogens (tertiary/aromatic N) is 5. The van der Waals surface area contributed by atoms with E-state index in [1.807, 2.05) is 0 Å². The molecule has 1 saturated heterocycles. The minimum absolute atomic E-state index is 0.0899. The summed E-state index contributed by atoms with van der Waals surface area (Å²) in [5, 5.41) is 17.4. The van der Waals surface area contributed by atoms with Gasteiger partial charge < -0.3 is 20.1 Å². The average Bonchev–Trinajstić information content (AvgIpc) is 3.32. The summed E-state index contributed by atoms with van der Waals surface area (Å²) in [6, 6.07) is 5.26. The zero-order valence-electron chi connectivity index (χ0n) is 19.0. The number of ether oxygens (including phenoxy) is 1. The van der Waals surface area contributed by atoms with Crippen LogP contribution in [0.3, 0.4) is 0 Å². The minimum atomic E-state index is -3.28. The first-order valence-electron chi connectivity index (χ1n) is 11.0. The first kappa shape index (κ1) is 23.0. The molecule has 4 N–H and O–H groups in total. The van der Waals surface area contributed by atoms with E-state index in [0.717, 1.165) is 0 Å². The standard InChI is InChI=1S/C22H28N6O5S/c1-22(2,30)14-27-13-15-10-17(25-21(29)16-12-24-28-5-3-4-23-20(16)28)18(11-19(15)34(27,31)32)26-6-8-33-9-7-26/h3-5,10-12,30-32H,6-9,13-14H2,1-2H3,(H,25,29). The first-order chi connectivity index (χ1) is 16.1. The van der Waals surface area contributed by atoms with Gasteiger partial charge in [0.2, 0.25) is 0 Å². The molecule has 0 spiro atoms. The van der Waals surface area contributed by atoms with Gasteiger partial charge in [0.15, 0.2) is 5.65 Å². The molecule has 0 atom stereocenters. The Balaban J connectivity index is 1.53. The van der Waals surface area contributed by atoms with E-state index in [4.69, 9.17) is 4.74 Å². The van der Waals surface area contributed by atoms with Crippen LogP contribution in [0.25, 0.3) is 5.65 Å². The van der Waals surface area contributed by atoms with Crippen LogP contribution in [-0.4, -0.2) is 77.5 Å². The second-order valence-corrected chi connectivity index (χ2v) is 11.1. The normalized spacial score (nSPS) is 19.3. The van der Waals surface area contributed by atoms with Crippen molar-refractivity contribution in [2.45, 2.75) is 30.9 Å². The number of anilines is 2. The number of hydrogen-bond acceptors (Lipinski definition) is 9. The van der Waals surface area contributed by atoms with Crippen LogP contribution in [-0.2, 0) is 11.3 Å². The third-order valence-electron chi connectivity index (χ3n) is 5.87. The summed E-state index contributed by atoms with van der Waals surface area (Å²) in [4.78, 5) is 19.9. The Kier molecular flexibility index (Phi) is 5.74. The molecule has 2 aliphatic heterocycles. The summed E-state index contributed by atoms with van der Waals surface area (Å²) < 4.78 is 30.6. The number of carbonyl (C=O) groups excluding carboxylic acids is 1. The number of carbonyl (C=O) groups is 1. The van der Waals surface area contributed by atoms with Crippen LogP contribution in [0.2, 0.25) is 0 Å². The van der Waals surface area contributed by atoms with Gasteiger partial charge in [-0.05, 0) is 37.6 Å². The van der Waals surface area contributed by atoms with Crippen LogP contribution < -0.4 is 10.2 Å². The van der Waals surface area contributed by atoms with E-state index in [-0.39, 0.29) is 19.0 Å². The lowest BCUT2D eigenvalue weighted by Crippen LogP contribution is -2.37. The second kappa shape index (κ2) is 8.48. The maximum Gasteiger partial charge on any atom is 0.261 e. The molecule has 0 saturated carbocycles. The summed E-state index contributed by atoms with van der Waals surface area (Å²) in [5.74, 6) is -0.360. The fourth-order valence-electron chi connectivity index (χ4n) is 4.33. The highest BCUT2D eigenvalue weighted by molar-refractivity contribution is 8.22. The molecule has 182 valence electrons. The predicted molar refractivity (Wildman–Crippen MR) is 128 cm³/mol. The molecule has 0 unspecified atom stereocenters. The van der Waals surface area contributed by atoms with E-state index in [9.17, 15) is 19.0 Å². The van der Waals surface area contributed by atoms with Crippen LogP contribution in [0.15, 0.2) is 41.7 Å². The molecule has 1 amide bonds. The van der Waals surface area contributed by atoms with Crippen LogP contribution >= 0.6 is 10.8 Å². The van der Waals surface area contributed by atoms with Crippen molar-refractivity contribution in [1.29, 1.82) is 0 Å². The maximum absolute atomic E-state index is 13.2. The Labute approximate surface area is 198 Å². The van der Waals surface area contributed by atoms with Gasteiger partial charge in [-0.2, -0.15) is 9.40 Å². The van der Waals surface area contributed by atoms with E-state index in [0.29, 0.717) is 59.3 Å². The average molecular weight is 489 g/mol. The number of benzene rings is 1. The van der Waals surface area contributed by atoms with E-state index < -0.39 is 16.4 Å². The third-order valence-corrected chi connectivity index (χ3v) is 7.82. The Bertz CT molecular complexity index is 1230. The van der Waals surface area contributed by atoms with Crippen LogP contribution in [0.4, 0.5) is 11.4 Å². The molecular formula is C22H28N6O5S. The highest BCUT2D eigenvalue weighted by atomic mass is 32.3. The Morgan fingerprint density at radius 1 is 1.26 bits per heavy atom. The Hall–Kier alpha value is -2.74. The smallest absolute Gasteiger partial charge is 0.261 e. The van der Waals surface area contributed by atoms with Gasteiger partial charge in [0.05, 0.1) is 41.3 Å². The van der Waals surface area contributed by atoms with Crippen molar-refractivity contribution >= 4 is 33.7 Å². The molecule has 12 heteroatoms. The van der Waals surface area contributed by atoms with E-state index in [1.165, 1.54) is 15.0 Å². The van der Waals surface area contributed by atoms with Crippen molar-refractivity contribution in [3.05, 3.63) is 47.9 Å². The topological polar surface area (TPSA) is 136 Å². The Morgan fingerprint density at radius 2 is 2.03 bits per heavy atom. The van der Waals surface area contributed by atoms with Crippen molar-refractivity contribution in [2.24, 2.45) is 0 Å². The lowest BCUT2D eigenvalue weighted by atomic mass is 10.1. The van der Waals surface area contributed by atoms with Gasteiger partial charge in [-0.25, -0.2) is 9.50 Å². The van der Waals surface area contributed by atoms with Crippen LogP contribution in [0, 0.1) is 0 Å². The molecule has 0 bridgehead atoms. The molecular weight excluding hydrogens is 460 g/mol. The predicted octanol–water partition coefficient (Wildman–Crippen LogP) is 2.43. The summed E-state index contributed by atoms with van der Waals surface area (Å²) in [6.45, 7) is 5.85.